The van der Waals surface area contributed by atoms with Crippen molar-refractivity contribution in [1.82, 2.24) is 9.71 Å². The summed E-state index contributed by atoms with van der Waals surface area (Å²) in [5, 5.41) is 22.4. The molecule has 6 rings (SSSR count). The second-order valence-electron chi connectivity index (χ2n) is 12.6. The Kier molecular flexibility index (Phi) is 12.3. The first-order valence-corrected chi connectivity index (χ1v) is 19.4. The lowest BCUT2D eigenvalue weighted by molar-refractivity contribution is -0.245. The zero-order valence-corrected chi connectivity index (χ0v) is 30.4. The number of pyridine rings is 1. The van der Waals surface area contributed by atoms with E-state index in [1.807, 2.05) is 61.5 Å². The number of hydrogen-bond acceptors (Lipinski definition) is 9. The molecule has 0 radical (unpaired) electrons. The molecule has 1 fully saturated rings. The molecule has 1 aromatic heterocycles. The SMILES string of the molecule is Cc1ccc(S(=O)(=O)N[C@H](Cc2ccccc2)C(=O)Nc2ccc([C@@H]3O[C@H](CSc4ncccc4C(=O)O)C[C@H](c4ccc(CO)cc4)O3)cc2)cc1. The first kappa shape index (κ1) is 37.9. The molecular formula is C40H39N3O8S2. The second-order valence-corrected chi connectivity index (χ2v) is 15.3. The van der Waals surface area contributed by atoms with Crippen LogP contribution in [0.3, 0.4) is 0 Å². The molecule has 4 N–H and O–H groups in total. The fourth-order valence-electron chi connectivity index (χ4n) is 5.83. The lowest BCUT2D eigenvalue weighted by Crippen LogP contribution is -2.45. The van der Waals surface area contributed by atoms with Gasteiger partial charge in [0.05, 0.1) is 29.3 Å². The summed E-state index contributed by atoms with van der Waals surface area (Å²) in [4.78, 5) is 29.8. The number of anilines is 1. The molecule has 4 atom stereocenters. The van der Waals surface area contributed by atoms with Crippen molar-refractivity contribution >= 4 is 39.3 Å². The number of nitrogens with zero attached hydrogens (tertiary/aromatic N) is 1. The summed E-state index contributed by atoms with van der Waals surface area (Å²) in [5.74, 6) is -1.17. The van der Waals surface area contributed by atoms with E-state index in [0.717, 1.165) is 22.3 Å². The smallest absolute Gasteiger partial charge is 0.338 e. The number of ether oxygens (including phenoxy) is 2. The van der Waals surface area contributed by atoms with Gasteiger partial charge in [0.2, 0.25) is 15.9 Å². The third kappa shape index (κ3) is 9.96. The van der Waals surface area contributed by atoms with Crippen LogP contribution in [0.2, 0.25) is 0 Å². The number of amides is 1. The number of benzene rings is 4. The number of rotatable bonds is 14. The lowest BCUT2D eigenvalue weighted by atomic mass is 10.0. The fourth-order valence-corrected chi connectivity index (χ4v) is 8.03. The van der Waals surface area contributed by atoms with E-state index < -0.39 is 34.2 Å². The highest BCUT2D eigenvalue weighted by Gasteiger charge is 2.33. The van der Waals surface area contributed by atoms with Crippen molar-refractivity contribution in [2.24, 2.45) is 0 Å². The van der Waals surface area contributed by atoms with E-state index in [2.05, 4.69) is 15.0 Å². The van der Waals surface area contributed by atoms with Crippen molar-refractivity contribution in [1.29, 1.82) is 0 Å². The number of thioether (sulfide) groups is 1. The van der Waals surface area contributed by atoms with Gasteiger partial charge in [-0.15, -0.1) is 11.8 Å². The number of aromatic carboxylic acids is 1. The molecule has 1 aliphatic heterocycles. The van der Waals surface area contributed by atoms with Gasteiger partial charge in [-0.3, -0.25) is 4.79 Å². The van der Waals surface area contributed by atoms with Gasteiger partial charge >= 0.3 is 5.97 Å². The Morgan fingerprint density at radius 1 is 0.868 bits per heavy atom. The molecule has 1 aliphatic rings. The lowest BCUT2D eigenvalue weighted by Gasteiger charge is -2.36. The Hall–Kier alpha value is -4.89. The van der Waals surface area contributed by atoms with Crippen LogP contribution in [0.25, 0.3) is 0 Å². The molecule has 274 valence electrons. The number of carboxylic acid groups (broad SMARTS) is 1. The number of nitrogens with one attached hydrogen (secondary N) is 2. The van der Waals surface area contributed by atoms with Gasteiger partial charge in [0.25, 0.3) is 0 Å². The van der Waals surface area contributed by atoms with Crippen LogP contribution in [0, 0.1) is 6.92 Å². The summed E-state index contributed by atoms with van der Waals surface area (Å²) in [6.45, 7) is 1.78. The average molecular weight is 754 g/mol. The fraction of sp³-hybridized carbons (Fsp3) is 0.225. The van der Waals surface area contributed by atoms with Gasteiger partial charge in [-0.1, -0.05) is 84.4 Å². The first-order chi connectivity index (χ1) is 25.6. The highest BCUT2D eigenvalue weighted by Crippen LogP contribution is 2.40. The first-order valence-electron chi connectivity index (χ1n) is 16.9. The van der Waals surface area contributed by atoms with Crippen LogP contribution in [-0.2, 0) is 37.3 Å². The summed E-state index contributed by atoms with van der Waals surface area (Å²) >= 11 is 1.30. The number of aryl methyl sites for hydroxylation is 1. The molecule has 11 nitrogen and oxygen atoms in total. The van der Waals surface area contributed by atoms with E-state index in [1.165, 1.54) is 30.0 Å². The van der Waals surface area contributed by atoms with Gasteiger partial charge in [-0.05, 0) is 66.4 Å². The molecule has 0 aliphatic carbocycles. The third-order valence-electron chi connectivity index (χ3n) is 8.70. The minimum absolute atomic E-state index is 0.0625. The van der Waals surface area contributed by atoms with Crippen LogP contribution in [0.5, 0.6) is 0 Å². The standard InChI is InChI=1S/C40H39N3O8S2/c1-26-9-19-33(20-10-26)53(48,49)43-35(22-27-6-3-2-4-7-27)37(45)42-31-17-15-30(16-18-31)40-50-32(25-52-38-34(39(46)47)8-5-21-41-38)23-36(51-40)29-13-11-28(24-44)12-14-29/h2-21,32,35-36,40,43-44H,22-25H2,1H3,(H,42,45)(H,46,47)/t32-,35+,36+,40+/m0/s1. The number of aliphatic hydroxyl groups is 1. The Morgan fingerprint density at radius 2 is 1.57 bits per heavy atom. The Balaban J connectivity index is 1.19. The van der Waals surface area contributed by atoms with Crippen LogP contribution in [0.1, 0.15) is 57.0 Å². The summed E-state index contributed by atoms with van der Waals surface area (Å²) in [7, 11) is -4.01. The van der Waals surface area contributed by atoms with Crippen LogP contribution in [0.4, 0.5) is 5.69 Å². The van der Waals surface area contributed by atoms with E-state index >= 15 is 0 Å². The van der Waals surface area contributed by atoms with Gasteiger partial charge in [0.15, 0.2) is 6.29 Å². The predicted molar refractivity (Wildman–Crippen MR) is 201 cm³/mol. The maximum atomic E-state index is 13.7. The number of carbonyl (C=O) groups is 2. The average Bonchev–Trinajstić information content (AvgIpc) is 3.17. The maximum absolute atomic E-state index is 13.7. The van der Waals surface area contributed by atoms with Crippen molar-refractivity contribution in [2.75, 3.05) is 11.1 Å². The Bertz CT molecular complexity index is 2110. The van der Waals surface area contributed by atoms with Gasteiger partial charge in [-0.25, -0.2) is 18.2 Å². The van der Waals surface area contributed by atoms with E-state index in [-0.39, 0.29) is 35.7 Å². The van der Waals surface area contributed by atoms with E-state index in [0.29, 0.717) is 28.5 Å². The molecule has 0 spiro atoms. The van der Waals surface area contributed by atoms with Crippen molar-refractivity contribution in [3.8, 4) is 0 Å². The van der Waals surface area contributed by atoms with Crippen molar-refractivity contribution in [3.63, 3.8) is 0 Å². The molecule has 2 heterocycles. The molecule has 1 saturated heterocycles. The van der Waals surface area contributed by atoms with Crippen LogP contribution in [-0.4, -0.2) is 53.4 Å². The van der Waals surface area contributed by atoms with Crippen molar-refractivity contribution in [3.05, 3.63) is 155 Å². The minimum atomic E-state index is -4.01. The molecule has 53 heavy (non-hydrogen) atoms. The number of carboxylic acids is 1. The Morgan fingerprint density at radius 3 is 2.25 bits per heavy atom. The monoisotopic (exact) mass is 753 g/mol. The van der Waals surface area contributed by atoms with Crippen LogP contribution >= 0.6 is 11.8 Å². The zero-order chi connectivity index (χ0) is 37.4. The molecular weight excluding hydrogens is 715 g/mol. The quantitative estimate of drug-likeness (QED) is 0.0928. The van der Waals surface area contributed by atoms with Crippen molar-refractivity contribution in [2.45, 2.75) is 60.8 Å². The van der Waals surface area contributed by atoms with Gasteiger partial charge in [0, 0.05) is 29.6 Å². The van der Waals surface area contributed by atoms with Crippen molar-refractivity contribution < 1.29 is 37.7 Å². The number of carbonyl (C=O) groups excluding carboxylic acids is 1. The van der Waals surface area contributed by atoms with E-state index in [1.54, 1.807) is 48.7 Å². The topological polar surface area (TPSA) is 164 Å². The molecule has 0 bridgehead atoms. The maximum Gasteiger partial charge on any atom is 0.338 e. The zero-order valence-electron chi connectivity index (χ0n) is 28.8. The number of aliphatic hydroxyl groups excluding tert-OH is 1. The van der Waals surface area contributed by atoms with Gasteiger partial charge in [-0.2, -0.15) is 4.72 Å². The molecule has 4 aromatic carbocycles. The number of sulfonamides is 1. The van der Waals surface area contributed by atoms with E-state index in [9.17, 15) is 28.2 Å². The van der Waals surface area contributed by atoms with E-state index in [4.69, 9.17) is 9.47 Å². The normalized spacial score (nSPS) is 17.9. The molecule has 1 amide bonds. The van der Waals surface area contributed by atoms with Crippen LogP contribution < -0.4 is 10.0 Å². The van der Waals surface area contributed by atoms with Gasteiger partial charge in [0.1, 0.15) is 11.1 Å². The highest BCUT2D eigenvalue weighted by molar-refractivity contribution is 7.99. The summed E-state index contributed by atoms with van der Waals surface area (Å²) in [5.41, 5.74) is 4.61. The van der Waals surface area contributed by atoms with Gasteiger partial charge < -0.3 is 25.0 Å². The second kappa shape index (κ2) is 17.3. The third-order valence-corrected chi connectivity index (χ3v) is 11.3. The summed E-state index contributed by atoms with van der Waals surface area (Å²) in [6.07, 6.45) is 0.672. The molecule has 0 unspecified atom stereocenters. The minimum Gasteiger partial charge on any atom is -0.478 e. The summed E-state index contributed by atoms with van der Waals surface area (Å²) in [6, 6.07) is 32.0. The highest BCUT2D eigenvalue weighted by atomic mass is 32.2. The molecule has 5 aromatic rings. The summed E-state index contributed by atoms with van der Waals surface area (Å²) < 4.78 is 42.1. The Labute approximate surface area is 312 Å². The van der Waals surface area contributed by atoms with Crippen LogP contribution in [0.15, 0.2) is 131 Å². The largest absolute Gasteiger partial charge is 0.478 e. The molecule has 13 heteroatoms. The number of aromatic nitrogens is 1. The number of hydrogen-bond donors (Lipinski definition) is 4. The molecule has 0 saturated carbocycles. The predicted octanol–water partition coefficient (Wildman–Crippen LogP) is 6.45.